The van der Waals surface area contributed by atoms with Gasteiger partial charge in [-0.15, -0.1) is 0 Å². The first-order valence-electron chi connectivity index (χ1n) is 8.86. The Balaban J connectivity index is 2.28. The Morgan fingerprint density at radius 3 is 2.20 bits per heavy atom. The quantitative estimate of drug-likeness (QED) is 0.500. The summed E-state index contributed by atoms with van der Waals surface area (Å²) in [4.78, 5) is 46.6. The number of esters is 4. The number of carbonyl (C=O) groups is 4. The lowest BCUT2D eigenvalue weighted by Crippen LogP contribution is -2.62. The minimum absolute atomic E-state index is 0.0842. The van der Waals surface area contributed by atoms with Crippen molar-refractivity contribution in [3.63, 3.8) is 0 Å². The molecule has 0 aliphatic carbocycles. The van der Waals surface area contributed by atoms with E-state index in [0.29, 0.717) is 0 Å². The van der Waals surface area contributed by atoms with Crippen molar-refractivity contribution in [2.45, 2.75) is 51.5 Å². The largest absolute Gasteiger partial charge is 0.463 e. The number of hydrogen-bond donors (Lipinski definition) is 1. The van der Waals surface area contributed by atoms with Crippen LogP contribution in [0.5, 0.6) is 0 Å². The van der Waals surface area contributed by atoms with Crippen LogP contribution in [0.15, 0.2) is 24.3 Å². The predicted octanol–water partition coefficient (Wildman–Crippen LogP) is 1.01. The molecule has 5 atom stereocenters. The lowest BCUT2D eigenvalue weighted by atomic mass is 9.98. The van der Waals surface area contributed by atoms with Gasteiger partial charge < -0.3 is 28.8 Å². The molecule has 2 rings (SSSR count). The van der Waals surface area contributed by atoms with E-state index in [4.69, 9.17) is 35.3 Å². The summed E-state index contributed by atoms with van der Waals surface area (Å²) in [5, 5.41) is 10.9. The Hall–Kier alpha value is -2.69. The van der Waals surface area contributed by atoms with Gasteiger partial charge in [0.2, 0.25) is 6.29 Å². The number of aliphatic hydroxyl groups is 1. The molecule has 1 aromatic rings. The van der Waals surface area contributed by atoms with Gasteiger partial charge in [0.1, 0.15) is 12.7 Å². The molecule has 30 heavy (non-hydrogen) atoms. The van der Waals surface area contributed by atoms with Gasteiger partial charge in [0.05, 0.1) is 5.56 Å². The van der Waals surface area contributed by atoms with E-state index in [0.717, 1.165) is 20.8 Å². The molecule has 1 aromatic carbocycles. The summed E-state index contributed by atoms with van der Waals surface area (Å²) in [5.41, 5.74) is 0.0842. The Labute approximate surface area is 176 Å². The maximum Gasteiger partial charge on any atom is 0.340 e. The van der Waals surface area contributed by atoms with Crippen LogP contribution in [0.3, 0.4) is 0 Å². The second-order valence-electron chi connectivity index (χ2n) is 6.40. The van der Waals surface area contributed by atoms with Crippen LogP contribution in [-0.2, 0) is 38.1 Å². The van der Waals surface area contributed by atoms with Gasteiger partial charge in [-0.2, -0.15) is 0 Å². The zero-order valence-electron chi connectivity index (χ0n) is 16.4. The average Bonchev–Trinajstić information content (AvgIpc) is 2.65. The molecule has 0 amide bonds. The second-order valence-corrected chi connectivity index (χ2v) is 6.84. The van der Waals surface area contributed by atoms with Gasteiger partial charge in [0, 0.05) is 25.8 Å². The summed E-state index contributed by atoms with van der Waals surface area (Å²) in [7, 11) is 0. The number of rotatable bonds is 6. The number of halogens is 1. The molecule has 1 aliphatic rings. The van der Waals surface area contributed by atoms with Crippen molar-refractivity contribution in [3.8, 4) is 0 Å². The van der Waals surface area contributed by atoms with Crippen LogP contribution in [0.4, 0.5) is 0 Å². The molecular formula is C19H21ClO10. The van der Waals surface area contributed by atoms with Crippen LogP contribution in [0.25, 0.3) is 0 Å². The van der Waals surface area contributed by atoms with Gasteiger partial charge in [0.25, 0.3) is 0 Å². The maximum absolute atomic E-state index is 12.4. The Morgan fingerprint density at radius 1 is 1.00 bits per heavy atom. The van der Waals surface area contributed by atoms with Crippen molar-refractivity contribution in [2.24, 2.45) is 0 Å². The molecule has 164 valence electrons. The Morgan fingerprint density at radius 2 is 1.63 bits per heavy atom. The predicted molar refractivity (Wildman–Crippen MR) is 99.3 cm³/mol. The van der Waals surface area contributed by atoms with Crippen LogP contribution >= 0.6 is 11.6 Å². The van der Waals surface area contributed by atoms with Crippen LogP contribution in [0.2, 0.25) is 5.02 Å². The van der Waals surface area contributed by atoms with Crippen molar-refractivity contribution in [2.75, 3.05) is 6.61 Å². The third-order valence-electron chi connectivity index (χ3n) is 3.95. The highest BCUT2D eigenvalue weighted by molar-refractivity contribution is 6.30. The number of aliphatic hydroxyl groups excluding tert-OH is 1. The first-order valence-corrected chi connectivity index (χ1v) is 9.24. The summed E-state index contributed by atoms with van der Waals surface area (Å²) in [6, 6.07) is 5.87. The first-order chi connectivity index (χ1) is 14.1. The maximum atomic E-state index is 12.4. The molecule has 1 aliphatic heterocycles. The third kappa shape index (κ3) is 6.41. The smallest absolute Gasteiger partial charge is 0.340 e. The Bertz CT molecular complexity index is 810. The number of carbonyl (C=O) groups excluding carboxylic acids is 4. The monoisotopic (exact) mass is 444 g/mol. The molecule has 1 fully saturated rings. The van der Waals surface area contributed by atoms with Crippen LogP contribution < -0.4 is 0 Å². The molecule has 1 saturated heterocycles. The Kier molecular flexibility index (Phi) is 8.16. The summed E-state index contributed by atoms with van der Waals surface area (Å²) in [6.45, 7) is 2.92. The molecule has 11 heteroatoms. The van der Waals surface area contributed by atoms with Crippen molar-refractivity contribution in [1.82, 2.24) is 0 Å². The lowest BCUT2D eigenvalue weighted by molar-refractivity contribution is -0.291. The second kappa shape index (κ2) is 10.4. The molecule has 1 heterocycles. The highest BCUT2D eigenvalue weighted by Gasteiger charge is 2.51. The van der Waals surface area contributed by atoms with Crippen LogP contribution in [0, 0.1) is 0 Å². The van der Waals surface area contributed by atoms with Crippen molar-refractivity contribution in [1.29, 1.82) is 0 Å². The molecule has 0 radical (unpaired) electrons. The lowest BCUT2D eigenvalue weighted by Gasteiger charge is -2.42. The standard InChI is InChI=1S/C19H21ClO10/c1-9(21)26-8-14-16(27-10(2)22)17(28-11(3)23)15(24)19(29-14)30-18(25)12-5-4-6-13(20)7-12/h4-7,14-17,19,24H,8H2,1-3H3/t14-,15-,16-,17-,19?/m1/s1. The van der Waals surface area contributed by atoms with Crippen molar-refractivity contribution < 1.29 is 48.0 Å². The van der Waals surface area contributed by atoms with Crippen LogP contribution in [0.1, 0.15) is 31.1 Å². The minimum Gasteiger partial charge on any atom is -0.463 e. The van der Waals surface area contributed by atoms with Crippen LogP contribution in [-0.4, -0.2) is 66.3 Å². The van der Waals surface area contributed by atoms with Gasteiger partial charge in [0.15, 0.2) is 18.3 Å². The molecular weight excluding hydrogens is 424 g/mol. The van der Waals surface area contributed by atoms with Gasteiger partial charge in [-0.05, 0) is 18.2 Å². The highest BCUT2D eigenvalue weighted by Crippen LogP contribution is 2.28. The summed E-state index contributed by atoms with van der Waals surface area (Å²) in [5.74, 6) is -3.07. The molecule has 10 nitrogen and oxygen atoms in total. The first kappa shape index (κ1) is 23.6. The SMILES string of the molecule is CC(=O)OC[C@H]1OC(OC(=O)c2cccc(Cl)c2)[C@H](O)[C@@H](OC(C)=O)[C@@H]1OC(C)=O. The minimum atomic E-state index is -1.70. The summed E-state index contributed by atoms with van der Waals surface area (Å²) >= 11 is 5.86. The highest BCUT2D eigenvalue weighted by atomic mass is 35.5. The van der Waals surface area contributed by atoms with Gasteiger partial charge in [-0.25, -0.2) is 4.79 Å². The normalized spacial score (nSPS) is 25.7. The van der Waals surface area contributed by atoms with E-state index in [-0.39, 0.29) is 10.6 Å². The van der Waals surface area contributed by atoms with E-state index in [2.05, 4.69) is 0 Å². The zero-order valence-corrected chi connectivity index (χ0v) is 17.2. The molecule has 0 spiro atoms. The van der Waals surface area contributed by atoms with E-state index in [9.17, 15) is 24.3 Å². The van der Waals surface area contributed by atoms with E-state index < -0.39 is 61.2 Å². The van der Waals surface area contributed by atoms with E-state index in [1.54, 1.807) is 6.07 Å². The van der Waals surface area contributed by atoms with Crippen molar-refractivity contribution >= 4 is 35.5 Å². The summed E-state index contributed by atoms with van der Waals surface area (Å²) in [6.07, 6.45) is -7.27. The van der Waals surface area contributed by atoms with Gasteiger partial charge in [-0.1, -0.05) is 17.7 Å². The van der Waals surface area contributed by atoms with Gasteiger partial charge in [-0.3, -0.25) is 14.4 Å². The number of hydrogen-bond acceptors (Lipinski definition) is 10. The zero-order chi connectivity index (χ0) is 22.4. The topological polar surface area (TPSA) is 135 Å². The van der Waals surface area contributed by atoms with E-state index in [1.807, 2.05) is 0 Å². The van der Waals surface area contributed by atoms with Gasteiger partial charge >= 0.3 is 23.9 Å². The fourth-order valence-electron chi connectivity index (χ4n) is 2.77. The molecule has 0 aromatic heterocycles. The average molecular weight is 445 g/mol. The molecule has 0 saturated carbocycles. The number of ether oxygens (including phenoxy) is 5. The summed E-state index contributed by atoms with van der Waals surface area (Å²) < 4.78 is 25.8. The van der Waals surface area contributed by atoms with E-state index >= 15 is 0 Å². The third-order valence-corrected chi connectivity index (χ3v) is 4.19. The molecule has 1 unspecified atom stereocenters. The van der Waals surface area contributed by atoms with Crippen molar-refractivity contribution in [3.05, 3.63) is 34.9 Å². The molecule has 0 bridgehead atoms. The van der Waals surface area contributed by atoms with E-state index in [1.165, 1.54) is 18.2 Å². The fourth-order valence-corrected chi connectivity index (χ4v) is 2.96. The number of benzene rings is 1. The molecule has 1 N–H and O–H groups in total. The fraction of sp³-hybridized carbons (Fsp3) is 0.474.